The maximum Gasteiger partial charge on any atom is 0.0349 e. The number of hydrogen-bond acceptors (Lipinski definition) is 3. The Labute approximate surface area is 125 Å². The van der Waals surface area contributed by atoms with E-state index < -0.39 is 0 Å². The highest BCUT2D eigenvalue weighted by Gasteiger charge is 2.22. The number of fused-ring (bicyclic) bond motifs is 1. The normalized spacial score (nSPS) is 12.2. The number of benzene rings is 1. The molecule has 0 spiro atoms. The lowest BCUT2D eigenvalue weighted by molar-refractivity contribution is 0.146. The summed E-state index contributed by atoms with van der Waals surface area (Å²) in [6.45, 7) is 13.0. The molecular formula is C17H24N2S. The maximum atomic E-state index is 5.94. The molecule has 1 aromatic carbocycles. The number of thiophene rings is 1. The second kappa shape index (κ2) is 6.08. The van der Waals surface area contributed by atoms with Crippen molar-refractivity contribution in [1.82, 2.24) is 4.90 Å². The number of hydrogen-bond donors (Lipinski definition) is 1. The van der Waals surface area contributed by atoms with Crippen LogP contribution < -0.4 is 5.73 Å². The maximum absolute atomic E-state index is 5.94. The lowest BCUT2D eigenvalue weighted by Gasteiger charge is -2.35. The first-order valence-corrected chi connectivity index (χ1v) is 7.84. The van der Waals surface area contributed by atoms with Gasteiger partial charge in [-0.2, -0.15) is 0 Å². The monoisotopic (exact) mass is 288 g/mol. The summed E-state index contributed by atoms with van der Waals surface area (Å²) in [5.41, 5.74) is 7.44. The smallest absolute Gasteiger partial charge is 0.0349 e. The Morgan fingerprint density at radius 2 is 2.00 bits per heavy atom. The quantitative estimate of drug-likeness (QED) is 0.838. The van der Waals surface area contributed by atoms with Crippen molar-refractivity contribution >= 4 is 21.4 Å². The molecule has 0 aliphatic rings. The first kappa shape index (κ1) is 15.2. The summed E-state index contributed by atoms with van der Waals surface area (Å²) < 4.78 is 1.33. The molecule has 0 fully saturated rings. The van der Waals surface area contributed by atoms with E-state index in [-0.39, 0.29) is 5.54 Å². The minimum absolute atomic E-state index is 0.114. The van der Waals surface area contributed by atoms with Crippen LogP contribution in [0.3, 0.4) is 0 Å². The molecule has 0 amide bonds. The largest absolute Gasteiger partial charge is 0.326 e. The summed E-state index contributed by atoms with van der Waals surface area (Å²) >= 11 is 1.82. The lowest BCUT2D eigenvalue weighted by Crippen LogP contribution is -2.41. The van der Waals surface area contributed by atoms with Crippen LogP contribution in [0, 0.1) is 0 Å². The van der Waals surface area contributed by atoms with Gasteiger partial charge in [0.15, 0.2) is 0 Å². The van der Waals surface area contributed by atoms with Gasteiger partial charge in [-0.1, -0.05) is 24.3 Å². The molecule has 0 radical (unpaired) electrons. The van der Waals surface area contributed by atoms with Crippen LogP contribution in [0.4, 0.5) is 0 Å². The average molecular weight is 288 g/mol. The zero-order chi connectivity index (χ0) is 14.8. The van der Waals surface area contributed by atoms with E-state index >= 15 is 0 Å². The van der Waals surface area contributed by atoms with Crippen molar-refractivity contribution in [2.75, 3.05) is 6.54 Å². The Kier molecular flexibility index (Phi) is 4.63. The Bertz CT molecular complexity index is 593. The van der Waals surface area contributed by atoms with Crippen LogP contribution in [0.5, 0.6) is 0 Å². The van der Waals surface area contributed by atoms with Crippen LogP contribution in [-0.4, -0.2) is 17.0 Å². The summed E-state index contributed by atoms with van der Waals surface area (Å²) in [6, 6.07) is 8.58. The summed E-state index contributed by atoms with van der Waals surface area (Å²) in [7, 11) is 0. The highest BCUT2D eigenvalue weighted by molar-refractivity contribution is 7.19. The molecule has 0 unspecified atom stereocenters. The second-order valence-electron chi connectivity index (χ2n) is 6.04. The fourth-order valence-electron chi connectivity index (χ4n) is 2.41. The zero-order valence-corrected chi connectivity index (χ0v) is 13.5. The van der Waals surface area contributed by atoms with Crippen molar-refractivity contribution in [3.63, 3.8) is 0 Å². The molecule has 0 saturated carbocycles. The number of nitrogens with two attached hydrogens (primary N) is 1. The third kappa shape index (κ3) is 3.11. The lowest BCUT2D eigenvalue weighted by atomic mass is 10.0. The Balaban J connectivity index is 2.43. The minimum atomic E-state index is 0.114. The predicted molar refractivity (Wildman–Crippen MR) is 90.1 cm³/mol. The van der Waals surface area contributed by atoms with Gasteiger partial charge in [0.25, 0.3) is 0 Å². The summed E-state index contributed by atoms with van der Waals surface area (Å²) in [5.74, 6) is 0. The van der Waals surface area contributed by atoms with Crippen molar-refractivity contribution in [2.45, 2.75) is 39.4 Å². The Morgan fingerprint density at radius 1 is 1.30 bits per heavy atom. The molecule has 1 aromatic heterocycles. The van der Waals surface area contributed by atoms with Crippen LogP contribution in [-0.2, 0) is 13.1 Å². The Hall–Kier alpha value is -1.16. The van der Waals surface area contributed by atoms with Crippen LogP contribution in [0.15, 0.2) is 36.9 Å². The molecule has 2 nitrogen and oxygen atoms in total. The van der Waals surface area contributed by atoms with E-state index in [9.17, 15) is 0 Å². The molecule has 0 aliphatic heterocycles. The second-order valence-corrected chi connectivity index (χ2v) is 7.18. The van der Waals surface area contributed by atoms with Crippen LogP contribution >= 0.6 is 11.3 Å². The van der Waals surface area contributed by atoms with Gasteiger partial charge in [0.1, 0.15) is 0 Å². The molecule has 3 heteroatoms. The van der Waals surface area contributed by atoms with Gasteiger partial charge in [0.05, 0.1) is 0 Å². The SMILES string of the molecule is C=CCN(Cc1c(CN)sc2ccccc12)C(C)(C)C. The van der Waals surface area contributed by atoms with E-state index in [4.69, 9.17) is 5.73 Å². The zero-order valence-electron chi connectivity index (χ0n) is 12.6. The van der Waals surface area contributed by atoms with Gasteiger partial charge in [-0.05, 0) is 37.8 Å². The Morgan fingerprint density at radius 3 is 2.60 bits per heavy atom. The number of nitrogens with zero attached hydrogens (tertiary/aromatic N) is 1. The molecule has 0 saturated heterocycles. The highest BCUT2D eigenvalue weighted by Crippen LogP contribution is 2.33. The van der Waals surface area contributed by atoms with Gasteiger partial charge in [-0.15, -0.1) is 17.9 Å². The van der Waals surface area contributed by atoms with Crippen molar-refractivity contribution in [3.05, 3.63) is 47.4 Å². The number of rotatable bonds is 5. The van der Waals surface area contributed by atoms with Crippen molar-refractivity contribution < 1.29 is 0 Å². The van der Waals surface area contributed by atoms with E-state index in [1.165, 1.54) is 20.5 Å². The van der Waals surface area contributed by atoms with Gasteiger partial charge in [0.2, 0.25) is 0 Å². The third-order valence-corrected chi connectivity index (χ3v) is 4.85. The van der Waals surface area contributed by atoms with E-state index in [1.54, 1.807) is 0 Å². The summed E-state index contributed by atoms with van der Waals surface area (Å²) in [6.07, 6.45) is 1.97. The third-order valence-electron chi connectivity index (χ3n) is 3.61. The molecule has 2 N–H and O–H groups in total. The molecule has 20 heavy (non-hydrogen) atoms. The summed E-state index contributed by atoms with van der Waals surface area (Å²) in [5, 5.41) is 1.34. The van der Waals surface area contributed by atoms with Gasteiger partial charge >= 0.3 is 0 Å². The molecule has 2 rings (SSSR count). The minimum Gasteiger partial charge on any atom is -0.326 e. The van der Waals surface area contributed by atoms with E-state index in [1.807, 2.05) is 17.4 Å². The molecule has 1 heterocycles. The fraction of sp³-hybridized carbons (Fsp3) is 0.412. The van der Waals surface area contributed by atoms with Gasteiger partial charge in [-0.25, -0.2) is 0 Å². The van der Waals surface area contributed by atoms with Crippen molar-refractivity contribution in [1.29, 1.82) is 0 Å². The van der Waals surface area contributed by atoms with E-state index in [0.717, 1.165) is 13.1 Å². The molecule has 0 aliphatic carbocycles. The molecular weight excluding hydrogens is 264 g/mol. The molecule has 0 bridgehead atoms. The van der Waals surface area contributed by atoms with E-state index in [0.29, 0.717) is 6.54 Å². The standard InChI is InChI=1S/C17H24N2S/c1-5-10-19(17(2,3)4)12-14-13-8-6-7-9-15(13)20-16(14)11-18/h5-9H,1,10-12,18H2,2-4H3. The van der Waals surface area contributed by atoms with Gasteiger partial charge in [0, 0.05) is 34.8 Å². The van der Waals surface area contributed by atoms with Crippen LogP contribution in [0.1, 0.15) is 31.2 Å². The highest BCUT2D eigenvalue weighted by atomic mass is 32.1. The first-order chi connectivity index (χ1) is 9.47. The molecule has 2 aromatic rings. The van der Waals surface area contributed by atoms with Crippen molar-refractivity contribution in [3.8, 4) is 0 Å². The van der Waals surface area contributed by atoms with Crippen molar-refractivity contribution in [2.24, 2.45) is 5.73 Å². The van der Waals surface area contributed by atoms with Crippen LogP contribution in [0.2, 0.25) is 0 Å². The average Bonchev–Trinajstić information content (AvgIpc) is 2.75. The van der Waals surface area contributed by atoms with Gasteiger partial charge in [-0.3, -0.25) is 4.90 Å². The predicted octanol–water partition coefficient (Wildman–Crippen LogP) is 4.15. The molecule has 0 atom stereocenters. The van der Waals surface area contributed by atoms with Gasteiger partial charge < -0.3 is 5.73 Å². The van der Waals surface area contributed by atoms with Crippen LogP contribution in [0.25, 0.3) is 10.1 Å². The van der Waals surface area contributed by atoms with E-state index in [2.05, 4.69) is 56.5 Å². The molecule has 108 valence electrons. The topological polar surface area (TPSA) is 29.3 Å². The fourth-order valence-corrected chi connectivity index (χ4v) is 3.50. The first-order valence-electron chi connectivity index (χ1n) is 7.02. The summed E-state index contributed by atoms with van der Waals surface area (Å²) in [4.78, 5) is 3.73.